The molecule has 0 atom stereocenters. The number of anilines is 1. The summed E-state index contributed by atoms with van der Waals surface area (Å²) in [5.41, 5.74) is 0.272. The van der Waals surface area contributed by atoms with Gasteiger partial charge in [0.05, 0.1) is 37.3 Å². The fourth-order valence-corrected chi connectivity index (χ4v) is 3.32. The van der Waals surface area contributed by atoms with Gasteiger partial charge >= 0.3 is 6.18 Å². The van der Waals surface area contributed by atoms with Crippen molar-refractivity contribution < 1.29 is 27.8 Å². The molecule has 0 aromatic heterocycles. The zero-order chi connectivity index (χ0) is 20.3. The topological polar surface area (TPSA) is 54.3 Å². The number of morpholine rings is 1. The molecule has 1 fully saturated rings. The monoisotopic (exact) mass is 458 g/mol. The lowest BCUT2D eigenvalue weighted by molar-refractivity contribution is -0.137. The van der Waals surface area contributed by atoms with Gasteiger partial charge in [0.15, 0.2) is 11.5 Å². The second-order valence-electron chi connectivity index (χ2n) is 6.10. The van der Waals surface area contributed by atoms with E-state index in [9.17, 15) is 18.3 Å². The summed E-state index contributed by atoms with van der Waals surface area (Å²) < 4.78 is 50.6. The summed E-state index contributed by atoms with van der Waals surface area (Å²) in [4.78, 5) is 6.19. The van der Waals surface area contributed by atoms with E-state index in [0.29, 0.717) is 42.0 Å². The first kappa shape index (κ1) is 20.5. The van der Waals surface area contributed by atoms with Gasteiger partial charge in [0.2, 0.25) is 0 Å². The summed E-state index contributed by atoms with van der Waals surface area (Å²) in [6.45, 7) is 2.11. The van der Waals surface area contributed by atoms with Crippen LogP contribution in [-0.2, 0) is 10.9 Å². The maximum atomic E-state index is 13.2. The van der Waals surface area contributed by atoms with Gasteiger partial charge < -0.3 is 19.5 Å². The third-order valence-electron chi connectivity index (χ3n) is 4.29. The van der Waals surface area contributed by atoms with Gasteiger partial charge in [-0.1, -0.05) is 15.9 Å². The number of hydrogen-bond donors (Lipinski definition) is 1. The number of phenolic OH excluding ortho intramolecular Hbond substituents is 1. The normalized spacial score (nSPS) is 15.2. The van der Waals surface area contributed by atoms with Crippen molar-refractivity contribution in [3.8, 4) is 11.5 Å². The zero-order valence-corrected chi connectivity index (χ0v) is 16.5. The molecule has 0 bridgehead atoms. The van der Waals surface area contributed by atoms with Gasteiger partial charge in [-0.25, -0.2) is 0 Å². The third kappa shape index (κ3) is 4.59. The zero-order valence-electron chi connectivity index (χ0n) is 15.0. The molecule has 5 nitrogen and oxygen atoms in total. The second-order valence-corrected chi connectivity index (χ2v) is 7.02. The summed E-state index contributed by atoms with van der Waals surface area (Å²) in [5, 5.41) is 10.2. The van der Waals surface area contributed by atoms with Gasteiger partial charge in [-0.15, -0.1) is 0 Å². The Balaban J connectivity index is 2.03. The molecule has 0 aliphatic carbocycles. The minimum atomic E-state index is -4.48. The molecular weight excluding hydrogens is 441 g/mol. The Morgan fingerprint density at radius 2 is 1.93 bits per heavy atom. The number of benzene rings is 2. The molecule has 1 aliphatic heterocycles. The number of halogens is 4. The summed E-state index contributed by atoms with van der Waals surface area (Å²) in [6, 6.07) is 6.65. The van der Waals surface area contributed by atoms with E-state index < -0.39 is 11.7 Å². The Labute approximate surface area is 168 Å². The number of phenols is 1. The molecule has 9 heteroatoms. The highest BCUT2D eigenvalue weighted by Crippen LogP contribution is 2.38. The van der Waals surface area contributed by atoms with E-state index in [0.717, 1.165) is 12.1 Å². The van der Waals surface area contributed by atoms with Gasteiger partial charge in [0.25, 0.3) is 0 Å². The highest BCUT2D eigenvalue weighted by Gasteiger charge is 2.31. The molecule has 1 saturated heterocycles. The number of ether oxygens (including phenoxy) is 2. The average molecular weight is 459 g/mol. The lowest BCUT2D eigenvalue weighted by atomic mass is 10.1. The second kappa shape index (κ2) is 8.40. The SMILES string of the molecule is COc1cc(Br)cc(C=Nc2cc(C(F)(F)F)ccc2N2CCOCC2)c1O. The van der Waals surface area contributed by atoms with Gasteiger partial charge in [-0.3, -0.25) is 4.99 Å². The number of aliphatic imine (C=N–C) groups is 1. The van der Waals surface area contributed by atoms with E-state index in [1.54, 1.807) is 12.1 Å². The minimum Gasteiger partial charge on any atom is -0.504 e. The first-order valence-corrected chi connectivity index (χ1v) is 9.23. The fraction of sp³-hybridized carbons (Fsp3) is 0.316. The molecule has 2 aromatic carbocycles. The fourth-order valence-electron chi connectivity index (χ4n) is 2.86. The van der Waals surface area contributed by atoms with Gasteiger partial charge in [-0.05, 0) is 30.3 Å². The predicted octanol–water partition coefficient (Wildman–Crippen LogP) is 4.77. The largest absolute Gasteiger partial charge is 0.504 e. The van der Waals surface area contributed by atoms with Crippen LogP contribution in [0.1, 0.15) is 11.1 Å². The summed E-state index contributed by atoms with van der Waals surface area (Å²) in [6.07, 6.45) is -3.16. The Kier molecular flexibility index (Phi) is 6.14. The van der Waals surface area contributed by atoms with Crippen LogP contribution in [-0.4, -0.2) is 44.7 Å². The lowest BCUT2D eigenvalue weighted by Gasteiger charge is -2.30. The number of alkyl halides is 3. The van der Waals surface area contributed by atoms with E-state index in [2.05, 4.69) is 20.9 Å². The van der Waals surface area contributed by atoms with E-state index in [4.69, 9.17) is 9.47 Å². The lowest BCUT2D eigenvalue weighted by Crippen LogP contribution is -2.36. The molecule has 0 unspecified atom stereocenters. The van der Waals surface area contributed by atoms with Crippen molar-refractivity contribution in [2.24, 2.45) is 4.99 Å². The quantitative estimate of drug-likeness (QED) is 0.670. The molecule has 28 heavy (non-hydrogen) atoms. The van der Waals surface area contributed by atoms with Crippen molar-refractivity contribution >= 4 is 33.5 Å². The van der Waals surface area contributed by atoms with Gasteiger partial charge in [0, 0.05) is 29.3 Å². The summed E-state index contributed by atoms with van der Waals surface area (Å²) in [5.74, 6) is 0.0858. The number of hydrogen-bond acceptors (Lipinski definition) is 5. The molecule has 0 saturated carbocycles. The van der Waals surface area contributed by atoms with Crippen LogP contribution in [0.4, 0.5) is 24.5 Å². The molecule has 1 N–H and O–H groups in total. The van der Waals surface area contributed by atoms with E-state index >= 15 is 0 Å². The van der Waals surface area contributed by atoms with Crippen molar-refractivity contribution in [1.82, 2.24) is 0 Å². The van der Waals surface area contributed by atoms with Crippen molar-refractivity contribution in [3.63, 3.8) is 0 Å². The van der Waals surface area contributed by atoms with Crippen LogP contribution in [0.25, 0.3) is 0 Å². The van der Waals surface area contributed by atoms with E-state index in [1.807, 2.05) is 4.90 Å². The van der Waals surface area contributed by atoms with Gasteiger partial charge in [-0.2, -0.15) is 13.2 Å². The Morgan fingerprint density at radius 3 is 2.57 bits per heavy atom. The molecule has 1 heterocycles. The maximum Gasteiger partial charge on any atom is 0.416 e. The van der Waals surface area contributed by atoms with Crippen LogP contribution in [0.15, 0.2) is 39.8 Å². The molecule has 0 spiro atoms. The molecule has 150 valence electrons. The third-order valence-corrected chi connectivity index (χ3v) is 4.74. The smallest absolute Gasteiger partial charge is 0.416 e. The van der Waals surface area contributed by atoms with E-state index in [1.165, 1.54) is 19.4 Å². The molecule has 2 aromatic rings. The van der Waals surface area contributed by atoms with Crippen molar-refractivity contribution in [2.45, 2.75) is 6.18 Å². The summed E-state index contributed by atoms with van der Waals surface area (Å²) >= 11 is 3.31. The van der Waals surface area contributed by atoms with Crippen LogP contribution in [0.3, 0.4) is 0 Å². The minimum absolute atomic E-state index is 0.144. The number of nitrogens with zero attached hydrogens (tertiary/aromatic N) is 2. The molecule has 0 amide bonds. The van der Waals surface area contributed by atoms with Crippen LogP contribution < -0.4 is 9.64 Å². The van der Waals surface area contributed by atoms with Gasteiger partial charge in [0.1, 0.15) is 0 Å². The number of aromatic hydroxyl groups is 1. The Bertz CT molecular complexity index is 881. The average Bonchev–Trinajstić information content (AvgIpc) is 2.68. The molecular formula is C19H18BrF3N2O3. The predicted molar refractivity (Wildman–Crippen MR) is 104 cm³/mol. The Hall–Kier alpha value is -2.26. The number of rotatable bonds is 4. The number of methoxy groups -OCH3 is 1. The highest BCUT2D eigenvalue weighted by atomic mass is 79.9. The van der Waals surface area contributed by atoms with Crippen molar-refractivity contribution in [3.05, 3.63) is 45.9 Å². The van der Waals surface area contributed by atoms with Crippen LogP contribution in [0.2, 0.25) is 0 Å². The van der Waals surface area contributed by atoms with Crippen molar-refractivity contribution in [2.75, 3.05) is 38.3 Å². The Morgan fingerprint density at radius 1 is 1.21 bits per heavy atom. The molecule has 3 rings (SSSR count). The first-order chi connectivity index (χ1) is 13.3. The first-order valence-electron chi connectivity index (χ1n) is 8.44. The van der Waals surface area contributed by atoms with Crippen molar-refractivity contribution in [1.29, 1.82) is 0 Å². The summed E-state index contributed by atoms with van der Waals surface area (Å²) in [7, 11) is 1.41. The molecule has 0 radical (unpaired) electrons. The van der Waals surface area contributed by atoms with Crippen LogP contribution >= 0.6 is 15.9 Å². The molecule has 1 aliphatic rings. The van der Waals surface area contributed by atoms with E-state index in [-0.39, 0.29) is 17.2 Å². The van der Waals surface area contributed by atoms with Crippen LogP contribution in [0, 0.1) is 0 Å². The highest BCUT2D eigenvalue weighted by molar-refractivity contribution is 9.10. The standard InChI is InChI=1S/C19H18BrF3N2O3/c1-27-17-10-14(20)8-12(18(17)26)11-24-15-9-13(19(21,22)23)2-3-16(15)25-4-6-28-7-5-25/h2-3,8-11,26H,4-7H2,1H3. The van der Waals surface area contributed by atoms with Crippen LogP contribution in [0.5, 0.6) is 11.5 Å². The maximum absolute atomic E-state index is 13.2.